The zero-order valence-electron chi connectivity index (χ0n) is 12.8. The largest absolute Gasteiger partial charge is 0.493 e. The molecular formula is C17H22N2O2. The average molecular weight is 286 g/mol. The zero-order chi connectivity index (χ0) is 15.1. The number of ether oxygens (including phenoxy) is 2. The summed E-state index contributed by atoms with van der Waals surface area (Å²) >= 11 is 0. The summed E-state index contributed by atoms with van der Waals surface area (Å²) in [6.07, 6.45) is 4.64. The molecule has 4 nitrogen and oxygen atoms in total. The Morgan fingerprint density at radius 1 is 1.05 bits per heavy atom. The van der Waals surface area contributed by atoms with Crippen molar-refractivity contribution in [3.8, 4) is 11.5 Å². The van der Waals surface area contributed by atoms with Crippen molar-refractivity contribution >= 4 is 0 Å². The Morgan fingerprint density at radius 2 is 1.76 bits per heavy atom. The molecule has 21 heavy (non-hydrogen) atoms. The molecule has 112 valence electrons. The second-order valence-corrected chi connectivity index (χ2v) is 4.90. The molecule has 0 bridgehead atoms. The summed E-state index contributed by atoms with van der Waals surface area (Å²) in [5, 5.41) is 3.52. The van der Waals surface area contributed by atoms with Crippen LogP contribution in [0.15, 0.2) is 42.7 Å². The Hall–Kier alpha value is -2.07. The van der Waals surface area contributed by atoms with E-state index in [1.165, 1.54) is 11.1 Å². The van der Waals surface area contributed by atoms with Crippen molar-refractivity contribution in [1.82, 2.24) is 10.3 Å². The summed E-state index contributed by atoms with van der Waals surface area (Å²) in [6, 6.07) is 10.4. The number of aromatic nitrogens is 1. The van der Waals surface area contributed by atoms with Gasteiger partial charge in [0.25, 0.3) is 0 Å². The molecule has 1 N–H and O–H groups in total. The van der Waals surface area contributed by atoms with E-state index in [-0.39, 0.29) is 6.04 Å². The van der Waals surface area contributed by atoms with Gasteiger partial charge in [0, 0.05) is 18.4 Å². The van der Waals surface area contributed by atoms with Gasteiger partial charge >= 0.3 is 0 Å². The first-order valence-electron chi connectivity index (χ1n) is 7.09. The topological polar surface area (TPSA) is 43.4 Å². The van der Waals surface area contributed by atoms with Gasteiger partial charge < -0.3 is 14.8 Å². The first-order valence-corrected chi connectivity index (χ1v) is 7.09. The fraction of sp³-hybridized carbons (Fsp3) is 0.353. The molecule has 1 aromatic carbocycles. The van der Waals surface area contributed by atoms with E-state index in [9.17, 15) is 0 Å². The fourth-order valence-electron chi connectivity index (χ4n) is 2.22. The highest BCUT2D eigenvalue weighted by atomic mass is 16.5. The van der Waals surface area contributed by atoms with E-state index in [1.807, 2.05) is 36.7 Å². The molecular weight excluding hydrogens is 264 g/mol. The molecule has 4 heteroatoms. The molecule has 2 aromatic rings. The van der Waals surface area contributed by atoms with Gasteiger partial charge in [-0.25, -0.2) is 0 Å². The van der Waals surface area contributed by atoms with Gasteiger partial charge in [-0.15, -0.1) is 0 Å². The van der Waals surface area contributed by atoms with Crippen LogP contribution >= 0.6 is 0 Å². The maximum Gasteiger partial charge on any atom is 0.161 e. The molecule has 2 rings (SSSR count). The number of hydrogen-bond donors (Lipinski definition) is 1. The van der Waals surface area contributed by atoms with Crippen molar-refractivity contribution < 1.29 is 9.47 Å². The molecule has 0 aliphatic heterocycles. The Morgan fingerprint density at radius 3 is 2.43 bits per heavy atom. The molecule has 1 atom stereocenters. The molecule has 0 spiro atoms. The molecule has 0 saturated heterocycles. The highest BCUT2D eigenvalue weighted by Crippen LogP contribution is 2.29. The van der Waals surface area contributed by atoms with E-state index in [2.05, 4.69) is 23.3 Å². The van der Waals surface area contributed by atoms with E-state index in [1.54, 1.807) is 14.2 Å². The van der Waals surface area contributed by atoms with Gasteiger partial charge in [-0.05, 0) is 55.3 Å². The predicted octanol–water partition coefficient (Wildman–Crippen LogP) is 2.99. The molecule has 1 aromatic heterocycles. The second kappa shape index (κ2) is 7.64. The summed E-state index contributed by atoms with van der Waals surface area (Å²) in [4.78, 5) is 4.03. The van der Waals surface area contributed by atoms with Crippen LogP contribution in [0.2, 0.25) is 0 Å². The standard InChI is InChI=1S/C17H22N2O2/c1-13(19-11-8-14-6-9-18-10-7-14)15-4-5-16(20-2)17(12-15)21-3/h4-7,9-10,12-13,19H,8,11H2,1-3H3. The molecule has 0 aliphatic rings. The van der Waals surface area contributed by atoms with E-state index in [4.69, 9.17) is 9.47 Å². The maximum absolute atomic E-state index is 5.34. The second-order valence-electron chi connectivity index (χ2n) is 4.90. The lowest BCUT2D eigenvalue weighted by atomic mass is 10.1. The quantitative estimate of drug-likeness (QED) is 0.849. The van der Waals surface area contributed by atoms with Crippen molar-refractivity contribution in [2.75, 3.05) is 20.8 Å². The van der Waals surface area contributed by atoms with Crippen LogP contribution in [0.4, 0.5) is 0 Å². The molecule has 0 fully saturated rings. The van der Waals surface area contributed by atoms with Crippen LogP contribution in [0.3, 0.4) is 0 Å². The van der Waals surface area contributed by atoms with Crippen molar-refractivity contribution in [1.29, 1.82) is 0 Å². The van der Waals surface area contributed by atoms with Crippen molar-refractivity contribution in [3.05, 3.63) is 53.9 Å². The van der Waals surface area contributed by atoms with Gasteiger partial charge in [-0.3, -0.25) is 4.98 Å². The number of benzene rings is 1. The Labute approximate surface area is 126 Å². The van der Waals surface area contributed by atoms with E-state index in [0.717, 1.165) is 24.5 Å². The lowest BCUT2D eigenvalue weighted by Crippen LogP contribution is -2.21. The number of nitrogens with one attached hydrogen (secondary N) is 1. The molecule has 0 radical (unpaired) electrons. The summed E-state index contributed by atoms with van der Waals surface area (Å²) < 4.78 is 10.6. The zero-order valence-corrected chi connectivity index (χ0v) is 12.8. The van der Waals surface area contributed by atoms with Crippen molar-refractivity contribution in [2.24, 2.45) is 0 Å². The van der Waals surface area contributed by atoms with Crippen LogP contribution in [0.5, 0.6) is 11.5 Å². The van der Waals surface area contributed by atoms with Gasteiger partial charge in [0.2, 0.25) is 0 Å². The number of hydrogen-bond acceptors (Lipinski definition) is 4. The van der Waals surface area contributed by atoms with Crippen LogP contribution < -0.4 is 14.8 Å². The van der Waals surface area contributed by atoms with Crippen LogP contribution in [-0.4, -0.2) is 25.7 Å². The lowest BCUT2D eigenvalue weighted by Gasteiger charge is -2.16. The normalized spacial score (nSPS) is 12.0. The van der Waals surface area contributed by atoms with E-state index in [0.29, 0.717) is 0 Å². The van der Waals surface area contributed by atoms with Crippen molar-refractivity contribution in [2.45, 2.75) is 19.4 Å². The first-order chi connectivity index (χ1) is 10.2. The predicted molar refractivity (Wildman–Crippen MR) is 83.9 cm³/mol. The van der Waals surface area contributed by atoms with Gasteiger partial charge in [-0.1, -0.05) is 6.07 Å². The third-order valence-corrected chi connectivity index (χ3v) is 3.52. The summed E-state index contributed by atoms with van der Waals surface area (Å²) in [5.41, 5.74) is 2.47. The van der Waals surface area contributed by atoms with Gasteiger partial charge in [0.15, 0.2) is 11.5 Å². The number of methoxy groups -OCH3 is 2. The van der Waals surface area contributed by atoms with E-state index >= 15 is 0 Å². The van der Waals surface area contributed by atoms with Crippen LogP contribution in [0.25, 0.3) is 0 Å². The van der Waals surface area contributed by atoms with E-state index < -0.39 is 0 Å². The van der Waals surface area contributed by atoms with Crippen molar-refractivity contribution in [3.63, 3.8) is 0 Å². The molecule has 1 heterocycles. The van der Waals surface area contributed by atoms with Gasteiger partial charge in [0.05, 0.1) is 14.2 Å². The molecule has 0 saturated carbocycles. The molecule has 0 aliphatic carbocycles. The Bertz CT molecular complexity index is 558. The first kappa shape index (κ1) is 15.3. The minimum atomic E-state index is 0.256. The third-order valence-electron chi connectivity index (χ3n) is 3.52. The van der Waals surface area contributed by atoms with Crippen LogP contribution in [0.1, 0.15) is 24.1 Å². The summed E-state index contributed by atoms with van der Waals surface area (Å²) in [5.74, 6) is 1.52. The Balaban J connectivity index is 1.92. The minimum absolute atomic E-state index is 0.256. The number of pyridine rings is 1. The highest BCUT2D eigenvalue weighted by molar-refractivity contribution is 5.43. The van der Waals surface area contributed by atoms with Gasteiger partial charge in [-0.2, -0.15) is 0 Å². The number of nitrogens with zero attached hydrogens (tertiary/aromatic N) is 1. The summed E-state index contributed by atoms with van der Waals surface area (Å²) in [7, 11) is 3.30. The van der Waals surface area contributed by atoms with Crippen LogP contribution in [0, 0.1) is 0 Å². The smallest absolute Gasteiger partial charge is 0.161 e. The summed E-state index contributed by atoms with van der Waals surface area (Å²) in [6.45, 7) is 3.06. The Kier molecular flexibility index (Phi) is 5.58. The monoisotopic (exact) mass is 286 g/mol. The van der Waals surface area contributed by atoms with Gasteiger partial charge in [0.1, 0.15) is 0 Å². The molecule has 1 unspecified atom stereocenters. The minimum Gasteiger partial charge on any atom is -0.493 e. The SMILES string of the molecule is COc1ccc(C(C)NCCc2ccncc2)cc1OC. The molecule has 0 amide bonds. The third kappa shape index (κ3) is 4.20. The maximum atomic E-state index is 5.34. The highest BCUT2D eigenvalue weighted by Gasteiger charge is 2.09. The lowest BCUT2D eigenvalue weighted by molar-refractivity contribution is 0.354. The fourth-order valence-corrected chi connectivity index (χ4v) is 2.22. The number of rotatable bonds is 7. The van der Waals surface area contributed by atoms with Crippen LogP contribution in [-0.2, 0) is 6.42 Å². The average Bonchev–Trinajstić information content (AvgIpc) is 2.55.